The Morgan fingerprint density at radius 1 is 1.11 bits per heavy atom. The van der Waals surface area contributed by atoms with Gasteiger partial charge in [-0.1, -0.05) is 18.2 Å². The number of anilines is 2. The second-order valence-corrected chi connectivity index (χ2v) is 10.0. The smallest absolute Gasteiger partial charge is 0.371 e. The molecule has 5 rings (SSSR count). The fraction of sp³-hybridized carbons (Fsp3) is 0.481. The minimum absolute atomic E-state index is 0.231. The summed E-state index contributed by atoms with van der Waals surface area (Å²) in [6.07, 6.45) is 1.02. The highest BCUT2D eigenvalue weighted by atomic mass is 19.4. The fourth-order valence-corrected chi connectivity index (χ4v) is 5.97. The summed E-state index contributed by atoms with van der Waals surface area (Å²) in [5, 5.41) is 13.7. The van der Waals surface area contributed by atoms with Gasteiger partial charge in [0.25, 0.3) is 0 Å². The first-order chi connectivity index (χ1) is 16.7. The van der Waals surface area contributed by atoms with Crippen LogP contribution in [0, 0.1) is 12.8 Å². The van der Waals surface area contributed by atoms with Gasteiger partial charge in [-0.2, -0.15) is 18.3 Å². The Balaban J connectivity index is 1.42. The van der Waals surface area contributed by atoms with Gasteiger partial charge >= 0.3 is 6.18 Å². The molecule has 3 atom stereocenters. The molecule has 0 spiro atoms. The predicted molar refractivity (Wildman–Crippen MR) is 134 cm³/mol. The van der Waals surface area contributed by atoms with Gasteiger partial charge in [-0.3, -0.25) is 0 Å². The first-order valence-corrected chi connectivity index (χ1v) is 12.4. The average molecular weight is 484 g/mol. The van der Waals surface area contributed by atoms with E-state index >= 15 is 0 Å². The van der Waals surface area contributed by atoms with Gasteiger partial charge in [-0.25, -0.2) is 0 Å². The lowest BCUT2D eigenvalue weighted by molar-refractivity contribution is -0.138. The number of rotatable bonds is 4. The molecular formula is C27H32F3N5. The number of benzene rings is 2. The first-order valence-electron chi connectivity index (χ1n) is 12.4. The zero-order valence-electron chi connectivity index (χ0n) is 20.4. The Labute approximate surface area is 204 Å². The third-order valence-electron chi connectivity index (χ3n) is 7.86. The largest absolute Gasteiger partial charge is 0.416 e. The standard InChI is InChI=1S/C27H32F3N5/c1-17-22(7-4-8-24(17)27(28,29)30)18(2)32-26-23-14-21(10-9-19(23)15-31-33-26)35-13-11-25-20(16-35)6-5-12-34(25)3/h4,7-10,14-15,18,20,25H,5-6,11-13,16H2,1-3H3,(H,32,33). The second-order valence-electron chi connectivity index (χ2n) is 10.0. The van der Waals surface area contributed by atoms with Crippen LogP contribution in [-0.2, 0) is 6.18 Å². The number of piperidine rings is 2. The van der Waals surface area contributed by atoms with Crippen LogP contribution in [0.1, 0.15) is 48.9 Å². The van der Waals surface area contributed by atoms with Gasteiger partial charge in [0, 0.05) is 35.6 Å². The molecule has 8 heteroatoms. The lowest BCUT2D eigenvalue weighted by atomic mass is 9.84. The van der Waals surface area contributed by atoms with Crippen molar-refractivity contribution in [3.8, 4) is 0 Å². The van der Waals surface area contributed by atoms with E-state index in [4.69, 9.17) is 0 Å². The molecule has 0 radical (unpaired) electrons. The van der Waals surface area contributed by atoms with Crippen LogP contribution in [0.3, 0.4) is 0 Å². The topological polar surface area (TPSA) is 44.3 Å². The van der Waals surface area contributed by atoms with Crippen molar-refractivity contribution in [3.63, 3.8) is 0 Å². The summed E-state index contributed by atoms with van der Waals surface area (Å²) in [5.74, 6) is 1.26. The summed E-state index contributed by atoms with van der Waals surface area (Å²) in [5.41, 5.74) is 1.38. The molecule has 3 unspecified atom stereocenters. The molecular weight excluding hydrogens is 451 g/mol. The summed E-state index contributed by atoms with van der Waals surface area (Å²) < 4.78 is 40.3. The van der Waals surface area contributed by atoms with Gasteiger partial charge in [-0.05, 0) is 81.9 Å². The van der Waals surface area contributed by atoms with Crippen LogP contribution in [0.4, 0.5) is 24.7 Å². The molecule has 2 aliphatic heterocycles. The van der Waals surface area contributed by atoms with Crippen LogP contribution in [0.15, 0.2) is 42.6 Å². The molecule has 186 valence electrons. The summed E-state index contributed by atoms with van der Waals surface area (Å²) in [6, 6.07) is 11.0. The number of aromatic nitrogens is 2. The SMILES string of the molecule is Cc1c(C(C)Nc2nncc3ccc(N4CCC5C(CCCN5C)C4)cc23)cccc1C(F)(F)F. The number of hydrogen-bond donors (Lipinski definition) is 1. The van der Waals surface area contributed by atoms with Crippen LogP contribution in [0.5, 0.6) is 0 Å². The Bertz CT molecular complexity index is 1210. The summed E-state index contributed by atoms with van der Waals surface area (Å²) in [6.45, 7) is 6.63. The van der Waals surface area contributed by atoms with Crippen LogP contribution < -0.4 is 10.2 Å². The number of alkyl halides is 3. The molecule has 2 aliphatic rings. The minimum atomic E-state index is -4.38. The van der Waals surface area contributed by atoms with Gasteiger partial charge in [-0.15, -0.1) is 5.10 Å². The van der Waals surface area contributed by atoms with Crippen molar-refractivity contribution in [1.82, 2.24) is 15.1 Å². The van der Waals surface area contributed by atoms with Crippen LogP contribution in [-0.4, -0.2) is 47.8 Å². The molecule has 35 heavy (non-hydrogen) atoms. The number of fused-ring (bicyclic) bond motifs is 2. The Kier molecular flexibility index (Phi) is 6.34. The third kappa shape index (κ3) is 4.68. The number of hydrogen-bond acceptors (Lipinski definition) is 5. The third-order valence-corrected chi connectivity index (χ3v) is 7.86. The average Bonchev–Trinajstić information content (AvgIpc) is 2.83. The van der Waals surface area contributed by atoms with E-state index in [2.05, 4.69) is 50.6 Å². The highest BCUT2D eigenvalue weighted by molar-refractivity contribution is 5.93. The van der Waals surface area contributed by atoms with E-state index < -0.39 is 11.7 Å². The molecule has 3 heterocycles. The zero-order chi connectivity index (χ0) is 24.7. The fourth-order valence-electron chi connectivity index (χ4n) is 5.97. The molecule has 0 aliphatic carbocycles. The maximum Gasteiger partial charge on any atom is 0.416 e. The monoisotopic (exact) mass is 483 g/mol. The molecule has 0 bridgehead atoms. The van der Waals surface area contributed by atoms with Crippen molar-refractivity contribution in [1.29, 1.82) is 0 Å². The van der Waals surface area contributed by atoms with E-state index in [1.807, 2.05) is 6.92 Å². The highest BCUT2D eigenvalue weighted by Gasteiger charge is 2.35. The highest BCUT2D eigenvalue weighted by Crippen LogP contribution is 2.37. The Morgan fingerprint density at radius 2 is 1.94 bits per heavy atom. The Hall–Kier alpha value is -2.87. The molecule has 5 nitrogen and oxygen atoms in total. The van der Waals surface area contributed by atoms with Crippen molar-refractivity contribution >= 4 is 22.3 Å². The number of nitrogens with one attached hydrogen (secondary N) is 1. The van der Waals surface area contributed by atoms with Crippen molar-refractivity contribution < 1.29 is 13.2 Å². The van der Waals surface area contributed by atoms with Gasteiger partial charge in [0.05, 0.1) is 17.8 Å². The van der Waals surface area contributed by atoms with E-state index in [9.17, 15) is 13.2 Å². The van der Waals surface area contributed by atoms with Crippen molar-refractivity contribution in [2.45, 2.75) is 51.4 Å². The summed E-state index contributed by atoms with van der Waals surface area (Å²) in [4.78, 5) is 4.98. The quantitative estimate of drug-likeness (QED) is 0.489. The van der Waals surface area contributed by atoms with Gasteiger partial charge in [0.15, 0.2) is 5.82 Å². The van der Waals surface area contributed by atoms with Gasteiger partial charge < -0.3 is 15.1 Å². The van der Waals surface area contributed by atoms with Crippen molar-refractivity contribution in [2.24, 2.45) is 5.92 Å². The normalized spacial score (nSPS) is 22.2. The lowest BCUT2D eigenvalue weighted by Crippen LogP contribution is -2.52. The van der Waals surface area contributed by atoms with Gasteiger partial charge in [0.2, 0.25) is 0 Å². The predicted octanol–water partition coefficient (Wildman–Crippen LogP) is 6.05. The van der Waals surface area contributed by atoms with E-state index in [1.165, 1.54) is 32.4 Å². The maximum absolute atomic E-state index is 13.4. The molecule has 2 saturated heterocycles. The van der Waals surface area contributed by atoms with Gasteiger partial charge in [0.1, 0.15) is 0 Å². The molecule has 3 aromatic rings. The lowest BCUT2D eigenvalue weighted by Gasteiger charge is -2.46. The number of nitrogens with zero attached hydrogens (tertiary/aromatic N) is 4. The molecule has 1 aromatic heterocycles. The van der Waals surface area contributed by atoms with E-state index in [0.717, 1.165) is 42.0 Å². The molecule has 2 fully saturated rings. The Morgan fingerprint density at radius 3 is 2.74 bits per heavy atom. The van der Waals surface area contributed by atoms with E-state index in [1.54, 1.807) is 12.3 Å². The first kappa shape index (κ1) is 23.9. The maximum atomic E-state index is 13.4. The summed E-state index contributed by atoms with van der Waals surface area (Å²) >= 11 is 0. The van der Waals surface area contributed by atoms with Crippen molar-refractivity contribution in [3.05, 3.63) is 59.3 Å². The molecule has 0 saturated carbocycles. The van der Waals surface area contributed by atoms with Crippen LogP contribution >= 0.6 is 0 Å². The van der Waals surface area contributed by atoms with Crippen LogP contribution in [0.2, 0.25) is 0 Å². The minimum Gasteiger partial charge on any atom is -0.371 e. The molecule has 2 aromatic carbocycles. The molecule has 1 N–H and O–H groups in total. The summed E-state index contributed by atoms with van der Waals surface area (Å²) in [7, 11) is 2.24. The number of halogens is 3. The number of likely N-dealkylation sites (tertiary alicyclic amines) is 1. The zero-order valence-corrected chi connectivity index (χ0v) is 20.4. The van der Waals surface area contributed by atoms with Crippen LogP contribution in [0.25, 0.3) is 10.8 Å². The molecule has 0 amide bonds. The van der Waals surface area contributed by atoms with E-state index in [0.29, 0.717) is 23.3 Å². The van der Waals surface area contributed by atoms with Crippen molar-refractivity contribution in [2.75, 3.05) is 36.9 Å². The van der Waals surface area contributed by atoms with E-state index in [-0.39, 0.29) is 11.6 Å². The second kappa shape index (κ2) is 9.30.